The molecular formula is C16H20N2O3. The van der Waals surface area contributed by atoms with Crippen molar-refractivity contribution in [1.29, 1.82) is 0 Å². The summed E-state index contributed by atoms with van der Waals surface area (Å²) in [6, 6.07) is 7.72. The Morgan fingerprint density at radius 3 is 2.81 bits per heavy atom. The number of rotatable bonds is 6. The highest BCUT2D eigenvalue weighted by atomic mass is 16.5. The standard InChI is InChI=1S/C16H20N2O3/c1-19-10-11-20-14-9-5-4-8-13(14)16-17-15(18-21-16)12-6-2-3-7-12/h4-5,8-9,12H,2-3,6-7,10-11H2,1H3. The summed E-state index contributed by atoms with van der Waals surface area (Å²) in [5.41, 5.74) is 0.838. The van der Waals surface area contributed by atoms with Gasteiger partial charge in [-0.2, -0.15) is 4.98 Å². The smallest absolute Gasteiger partial charge is 0.261 e. The first-order chi connectivity index (χ1) is 10.4. The second kappa shape index (κ2) is 6.72. The maximum Gasteiger partial charge on any atom is 0.261 e. The second-order valence-corrected chi connectivity index (χ2v) is 5.28. The lowest BCUT2D eigenvalue weighted by atomic mass is 10.1. The highest BCUT2D eigenvalue weighted by Crippen LogP contribution is 2.35. The zero-order valence-corrected chi connectivity index (χ0v) is 12.2. The molecule has 0 unspecified atom stereocenters. The number of hydrogen-bond donors (Lipinski definition) is 0. The highest BCUT2D eigenvalue weighted by molar-refractivity contribution is 5.62. The fraction of sp³-hybridized carbons (Fsp3) is 0.500. The van der Waals surface area contributed by atoms with Crippen LogP contribution in [-0.4, -0.2) is 30.5 Å². The van der Waals surface area contributed by atoms with Gasteiger partial charge in [0.05, 0.1) is 12.2 Å². The number of para-hydroxylation sites is 1. The first kappa shape index (κ1) is 14.1. The van der Waals surface area contributed by atoms with Crippen LogP contribution in [0.2, 0.25) is 0 Å². The van der Waals surface area contributed by atoms with Gasteiger partial charge in [-0.15, -0.1) is 0 Å². The average Bonchev–Trinajstić information content (AvgIpc) is 3.19. The van der Waals surface area contributed by atoms with Crippen molar-refractivity contribution in [2.75, 3.05) is 20.3 Å². The van der Waals surface area contributed by atoms with Gasteiger partial charge < -0.3 is 14.0 Å². The highest BCUT2D eigenvalue weighted by Gasteiger charge is 2.23. The number of benzene rings is 1. The fourth-order valence-electron chi connectivity index (χ4n) is 2.70. The van der Waals surface area contributed by atoms with E-state index in [-0.39, 0.29) is 0 Å². The Kier molecular flexibility index (Phi) is 4.50. The first-order valence-electron chi connectivity index (χ1n) is 7.43. The minimum atomic E-state index is 0.448. The molecule has 0 atom stereocenters. The summed E-state index contributed by atoms with van der Waals surface area (Å²) in [5, 5.41) is 4.15. The number of methoxy groups -OCH3 is 1. The molecule has 1 aromatic carbocycles. The Labute approximate surface area is 124 Å². The van der Waals surface area contributed by atoms with Crippen LogP contribution in [0.15, 0.2) is 28.8 Å². The van der Waals surface area contributed by atoms with Crippen molar-refractivity contribution in [1.82, 2.24) is 10.1 Å². The van der Waals surface area contributed by atoms with Gasteiger partial charge in [0.25, 0.3) is 5.89 Å². The summed E-state index contributed by atoms with van der Waals surface area (Å²) < 4.78 is 16.2. The molecule has 1 aromatic heterocycles. The molecule has 0 spiro atoms. The van der Waals surface area contributed by atoms with Gasteiger partial charge in [-0.25, -0.2) is 0 Å². The Bertz CT molecular complexity index is 576. The molecule has 1 heterocycles. The monoisotopic (exact) mass is 288 g/mol. The third-order valence-electron chi connectivity index (χ3n) is 3.82. The maximum absolute atomic E-state index is 5.71. The van der Waals surface area contributed by atoms with Crippen molar-refractivity contribution in [3.63, 3.8) is 0 Å². The number of aromatic nitrogens is 2. The summed E-state index contributed by atoms with van der Waals surface area (Å²) >= 11 is 0. The topological polar surface area (TPSA) is 57.4 Å². The van der Waals surface area contributed by atoms with Crippen LogP contribution in [0.25, 0.3) is 11.5 Å². The molecule has 5 nitrogen and oxygen atoms in total. The van der Waals surface area contributed by atoms with Crippen LogP contribution in [0.4, 0.5) is 0 Å². The summed E-state index contributed by atoms with van der Waals surface area (Å²) in [6.45, 7) is 1.04. The van der Waals surface area contributed by atoms with Crippen LogP contribution in [0.1, 0.15) is 37.4 Å². The molecule has 5 heteroatoms. The Balaban J connectivity index is 1.79. The summed E-state index contributed by atoms with van der Waals surface area (Å²) in [5.74, 6) is 2.55. The number of nitrogens with zero attached hydrogens (tertiary/aromatic N) is 2. The van der Waals surface area contributed by atoms with Crippen molar-refractivity contribution in [3.05, 3.63) is 30.1 Å². The lowest BCUT2D eigenvalue weighted by Crippen LogP contribution is -2.05. The molecule has 2 aromatic rings. The van der Waals surface area contributed by atoms with Crippen LogP contribution < -0.4 is 4.74 Å². The number of hydrogen-bond acceptors (Lipinski definition) is 5. The van der Waals surface area contributed by atoms with Crippen molar-refractivity contribution in [2.24, 2.45) is 0 Å². The molecule has 3 rings (SSSR count). The van der Waals surface area contributed by atoms with E-state index >= 15 is 0 Å². The van der Waals surface area contributed by atoms with Gasteiger partial charge >= 0.3 is 0 Å². The Morgan fingerprint density at radius 1 is 1.19 bits per heavy atom. The van der Waals surface area contributed by atoms with E-state index in [1.807, 2.05) is 24.3 Å². The predicted octanol–water partition coefficient (Wildman–Crippen LogP) is 3.42. The summed E-state index contributed by atoms with van der Waals surface area (Å²) in [6.07, 6.45) is 4.83. The van der Waals surface area contributed by atoms with Gasteiger partial charge in [0.1, 0.15) is 12.4 Å². The SMILES string of the molecule is COCCOc1ccccc1-c1nc(C2CCCC2)no1. The van der Waals surface area contributed by atoms with E-state index in [9.17, 15) is 0 Å². The van der Waals surface area contributed by atoms with Gasteiger partial charge in [0, 0.05) is 13.0 Å². The van der Waals surface area contributed by atoms with Gasteiger partial charge in [-0.3, -0.25) is 0 Å². The third kappa shape index (κ3) is 3.24. The van der Waals surface area contributed by atoms with Crippen molar-refractivity contribution in [2.45, 2.75) is 31.6 Å². The molecular weight excluding hydrogens is 268 g/mol. The maximum atomic E-state index is 5.71. The quantitative estimate of drug-likeness (QED) is 0.762. The summed E-state index contributed by atoms with van der Waals surface area (Å²) in [7, 11) is 1.65. The second-order valence-electron chi connectivity index (χ2n) is 5.28. The predicted molar refractivity (Wildman–Crippen MR) is 78.3 cm³/mol. The van der Waals surface area contributed by atoms with Crippen molar-refractivity contribution < 1.29 is 14.0 Å². The molecule has 112 valence electrons. The first-order valence-corrected chi connectivity index (χ1v) is 7.43. The zero-order valence-electron chi connectivity index (χ0n) is 12.2. The lowest BCUT2D eigenvalue weighted by molar-refractivity contribution is 0.146. The number of ether oxygens (including phenoxy) is 2. The van der Waals surface area contributed by atoms with E-state index in [1.165, 1.54) is 12.8 Å². The van der Waals surface area contributed by atoms with Crippen LogP contribution in [0.3, 0.4) is 0 Å². The molecule has 1 aliphatic carbocycles. The van der Waals surface area contributed by atoms with E-state index < -0.39 is 0 Å². The van der Waals surface area contributed by atoms with Crippen LogP contribution >= 0.6 is 0 Å². The fourth-order valence-corrected chi connectivity index (χ4v) is 2.70. The van der Waals surface area contributed by atoms with E-state index in [4.69, 9.17) is 14.0 Å². The van der Waals surface area contributed by atoms with Gasteiger partial charge in [0.15, 0.2) is 5.82 Å². The molecule has 1 saturated carbocycles. The molecule has 21 heavy (non-hydrogen) atoms. The molecule has 1 fully saturated rings. The normalized spacial score (nSPS) is 15.5. The Morgan fingerprint density at radius 2 is 2.00 bits per heavy atom. The van der Waals surface area contributed by atoms with Crippen molar-refractivity contribution in [3.8, 4) is 17.2 Å². The minimum absolute atomic E-state index is 0.448. The molecule has 0 radical (unpaired) electrons. The zero-order chi connectivity index (χ0) is 14.5. The van der Waals surface area contributed by atoms with Crippen LogP contribution in [-0.2, 0) is 4.74 Å². The largest absolute Gasteiger partial charge is 0.490 e. The molecule has 0 N–H and O–H groups in total. The van der Waals surface area contributed by atoms with Gasteiger partial charge in [-0.1, -0.05) is 30.1 Å². The molecule has 0 bridgehead atoms. The molecule has 0 saturated heterocycles. The van der Waals surface area contributed by atoms with E-state index in [2.05, 4.69) is 10.1 Å². The molecule has 0 aliphatic heterocycles. The van der Waals surface area contributed by atoms with Crippen LogP contribution in [0, 0.1) is 0 Å². The van der Waals surface area contributed by atoms with E-state index in [0.29, 0.717) is 25.0 Å². The lowest BCUT2D eigenvalue weighted by Gasteiger charge is -2.08. The van der Waals surface area contributed by atoms with Gasteiger partial charge in [-0.05, 0) is 25.0 Å². The van der Waals surface area contributed by atoms with E-state index in [1.54, 1.807) is 7.11 Å². The minimum Gasteiger partial charge on any atom is -0.490 e. The molecule has 0 amide bonds. The van der Waals surface area contributed by atoms with Gasteiger partial charge in [0.2, 0.25) is 0 Å². The third-order valence-corrected chi connectivity index (χ3v) is 3.82. The average molecular weight is 288 g/mol. The van der Waals surface area contributed by atoms with E-state index in [0.717, 1.165) is 30.0 Å². The Hall–Kier alpha value is -1.88. The summed E-state index contributed by atoms with van der Waals surface area (Å²) in [4.78, 5) is 4.56. The van der Waals surface area contributed by atoms with Crippen molar-refractivity contribution >= 4 is 0 Å². The van der Waals surface area contributed by atoms with Crippen LogP contribution in [0.5, 0.6) is 5.75 Å². The molecule has 1 aliphatic rings.